The molecule has 0 N–H and O–H groups in total. The van der Waals surface area contributed by atoms with Gasteiger partial charge < -0.3 is 0 Å². The molecule has 0 aromatic heterocycles. The van der Waals surface area contributed by atoms with Gasteiger partial charge in [-0.2, -0.15) is 0 Å². The van der Waals surface area contributed by atoms with Gasteiger partial charge in [-0.25, -0.2) is 0 Å². The second kappa shape index (κ2) is 5.58. The lowest BCUT2D eigenvalue weighted by atomic mass is 10.0. The molecule has 0 aromatic carbocycles. The van der Waals surface area contributed by atoms with E-state index >= 15 is 0 Å². The van der Waals surface area contributed by atoms with Crippen LogP contribution in [0, 0.1) is 11.8 Å². The van der Waals surface area contributed by atoms with Crippen molar-refractivity contribution in [3.63, 3.8) is 0 Å². The van der Waals surface area contributed by atoms with Crippen molar-refractivity contribution in [2.24, 2.45) is 11.8 Å². The highest BCUT2D eigenvalue weighted by Gasteiger charge is 2.19. The standard InChI is InChI=1S/C9H18Br2/c1-6(2)5-8(10)9(11)7(3)4/h6-9H,5H2,1-4H3. The Morgan fingerprint density at radius 2 is 1.45 bits per heavy atom. The third-order valence-electron chi connectivity index (χ3n) is 1.68. The van der Waals surface area contributed by atoms with Crippen LogP contribution in [0.2, 0.25) is 0 Å². The molecule has 0 heterocycles. The van der Waals surface area contributed by atoms with E-state index in [1.54, 1.807) is 0 Å². The summed E-state index contributed by atoms with van der Waals surface area (Å²) in [5.74, 6) is 1.48. The molecule has 2 atom stereocenters. The molecule has 0 aromatic rings. The zero-order valence-electron chi connectivity index (χ0n) is 7.77. The van der Waals surface area contributed by atoms with Gasteiger partial charge in [0.15, 0.2) is 0 Å². The molecular formula is C9H18Br2. The highest BCUT2D eigenvalue weighted by Crippen LogP contribution is 2.26. The van der Waals surface area contributed by atoms with Crippen LogP contribution in [-0.2, 0) is 0 Å². The van der Waals surface area contributed by atoms with Crippen LogP contribution in [-0.4, -0.2) is 9.65 Å². The fourth-order valence-corrected chi connectivity index (χ4v) is 2.57. The van der Waals surface area contributed by atoms with Crippen molar-refractivity contribution >= 4 is 31.9 Å². The van der Waals surface area contributed by atoms with E-state index in [-0.39, 0.29) is 0 Å². The SMILES string of the molecule is CC(C)CC(Br)C(Br)C(C)C. The van der Waals surface area contributed by atoms with Crippen LogP contribution in [0.3, 0.4) is 0 Å². The van der Waals surface area contributed by atoms with E-state index in [0.29, 0.717) is 15.6 Å². The summed E-state index contributed by atoms with van der Waals surface area (Å²) in [6.45, 7) is 9.00. The number of hydrogen-bond donors (Lipinski definition) is 0. The van der Waals surface area contributed by atoms with E-state index in [9.17, 15) is 0 Å². The largest absolute Gasteiger partial charge is 0.0878 e. The summed E-state index contributed by atoms with van der Waals surface area (Å²) in [5, 5.41) is 0. The normalized spacial score (nSPS) is 17.5. The minimum absolute atomic E-state index is 0.602. The zero-order valence-corrected chi connectivity index (χ0v) is 10.9. The van der Waals surface area contributed by atoms with Crippen LogP contribution in [0.15, 0.2) is 0 Å². The average molecular weight is 286 g/mol. The first-order valence-electron chi connectivity index (χ1n) is 4.23. The fourth-order valence-electron chi connectivity index (χ4n) is 0.998. The molecule has 0 nitrogen and oxygen atoms in total. The summed E-state index contributed by atoms with van der Waals surface area (Å²) < 4.78 is 0. The molecule has 68 valence electrons. The van der Waals surface area contributed by atoms with Crippen molar-refractivity contribution in [1.29, 1.82) is 0 Å². The van der Waals surface area contributed by atoms with E-state index in [1.807, 2.05) is 0 Å². The van der Waals surface area contributed by atoms with Gasteiger partial charge in [-0.3, -0.25) is 0 Å². The van der Waals surface area contributed by atoms with Gasteiger partial charge in [-0.05, 0) is 18.3 Å². The Labute approximate surface area is 87.4 Å². The molecule has 0 aliphatic carbocycles. The molecule has 0 saturated carbocycles. The summed E-state index contributed by atoms with van der Waals surface area (Å²) >= 11 is 7.39. The van der Waals surface area contributed by atoms with Crippen molar-refractivity contribution in [3.8, 4) is 0 Å². The summed E-state index contributed by atoms with van der Waals surface area (Å²) in [5.41, 5.74) is 0. The van der Waals surface area contributed by atoms with Gasteiger partial charge in [0, 0.05) is 9.65 Å². The van der Waals surface area contributed by atoms with Crippen LogP contribution >= 0.6 is 31.9 Å². The second-order valence-electron chi connectivity index (χ2n) is 3.83. The molecule has 0 radical (unpaired) electrons. The lowest BCUT2D eigenvalue weighted by molar-refractivity contribution is 0.513. The molecule has 0 fully saturated rings. The van der Waals surface area contributed by atoms with Crippen LogP contribution in [0.25, 0.3) is 0 Å². The maximum atomic E-state index is 3.70. The molecule has 0 rings (SSSR count). The van der Waals surface area contributed by atoms with Gasteiger partial charge in [0.05, 0.1) is 0 Å². The molecule has 2 heteroatoms. The van der Waals surface area contributed by atoms with Crippen molar-refractivity contribution in [2.45, 2.75) is 43.8 Å². The first-order valence-corrected chi connectivity index (χ1v) is 6.06. The lowest BCUT2D eigenvalue weighted by Gasteiger charge is -2.21. The van der Waals surface area contributed by atoms with Gasteiger partial charge in [-0.15, -0.1) is 0 Å². The van der Waals surface area contributed by atoms with E-state index in [1.165, 1.54) is 6.42 Å². The number of alkyl halides is 2. The maximum Gasteiger partial charge on any atom is 0.0294 e. The van der Waals surface area contributed by atoms with Crippen molar-refractivity contribution in [2.75, 3.05) is 0 Å². The summed E-state index contributed by atoms with van der Waals surface area (Å²) in [4.78, 5) is 1.22. The molecule has 0 bridgehead atoms. The number of halogens is 2. The highest BCUT2D eigenvalue weighted by molar-refractivity contribution is 9.12. The number of rotatable bonds is 4. The zero-order chi connectivity index (χ0) is 9.02. The molecular weight excluding hydrogens is 268 g/mol. The van der Waals surface area contributed by atoms with Crippen LogP contribution in [0.4, 0.5) is 0 Å². The van der Waals surface area contributed by atoms with Crippen molar-refractivity contribution in [3.05, 3.63) is 0 Å². The van der Waals surface area contributed by atoms with E-state index < -0.39 is 0 Å². The van der Waals surface area contributed by atoms with Gasteiger partial charge in [0.1, 0.15) is 0 Å². The molecule has 11 heavy (non-hydrogen) atoms. The lowest BCUT2D eigenvalue weighted by Crippen LogP contribution is -2.21. The van der Waals surface area contributed by atoms with Crippen LogP contribution < -0.4 is 0 Å². The maximum absolute atomic E-state index is 3.70. The van der Waals surface area contributed by atoms with Gasteiger partial charge >= 0.3 is 0 Å². The first-order chi connectivity index (χ1) is 4.95. The van der Waals surface area contributed by atoms with E-state index in [2.05, 4.69) is 59.6 Å². The molecule has 0 aliphatic heterocycles. The van der Waals surface area contributed by atoms with Crippen LogP contribution in [0.5, 0.6) is 0 Å². The monoisotopic (exact) mass is 284 g/mol. The van der Waals surface area contributed by atoms with E-state index in [4.69, 9.17) is 0 Å². The van der Waals surface area contributed by atoms with Gasteiger partial charge in [0.2, 0.25) is 0 Å². The average Bonchev–Trinajstić information content (AvgIpc) is 1.84. The second-order valence-corrected chi connectivity index (χ2v) is 6.07. The topological polar surface area (TPSA) is 0 Å². The predicted octanol–water partition coefficient (Wildman–Crippen LogP) is 4.22. The molecule has 0 spiro atoms. The first kappa shape index (κ1) is 12.0. The number of hydrogen-bond acceptors (Lipinski definition) is 0. The molecule has 0 amide bonds. The Morgan fingerprint density at radius 3 is 1.73 bits per heavy atom. The Balaban J connectivity index is 3.73. The molecule has 0 aliphatic rings. The third kappa shape index (κ3) is 5.24. The van der Waals surface area contributed by atoms with Crippen molar-refractivity contribution < 1.29 is 0 Å². The Morgan fingerprint density at radius 1 is 1.00 bits per heavy atom. The Kier molecular flexibility index (Phi) is 6.07. The quantitative estimate of drug-likeness (QED) is 0.679. The van der Waals surface area contributed by atoms with Gasteiger partial charge in [-0.1, -0.05) is 59.6 Å². The predicted molar refractivity (Wildman–Crippen MR) is 59.7 cm³/mol. The van der Waals surface area contributed by atoms with Crippen molar-refractivity contribution in [1.82, 2.24) is 0 Å². The molecule has 2 unspecified atom stereocenters. The minimum atomic E-state index is 0.602. The Hall–Kier alpha value is 0.960. The highest BCUT2D eigenvalue weighted by atomic mass is 79.9. The van der Waals surface area contributed by atoms with Crippen LogP contribution in [0.1, 0.15) is 34.1 Å². The van der Waals surface area contributed by atoms with E-state index in [0.717, 1.165) is 5.92 Å². The summed E-state index contributed by atoms with van der Waals surface area (Å²) in [7, 11) is 0. The minimum Gasteiger partial charge on any atom is -0.0878 e. The summed E-state index contributed by atoms with van der Waals surface area (Å²) in [6.07, 6.45) is 1.24. The fraction of sp³-hybridized carbons (Fsp3) is 1.00. The summed E-state index contributed by atoms with van der Waals surface area (Å²) in [6, 6.07) is 0. The smallest absolute Gasteiger partial charge is 0.0294 e. The third-order valence-corrected chi connectivity index (χ3v) is 5.03. The van der Waals surface area contributed by atoms with Gasteiger partial charge in [0.25, 0.3) is 0 Å². The molecule has 0 saturated heterocycles. The Bertz CT molecular complexity index is 99.7.